The van der Waals surface area contributed by atoms with E-state index >= 15 is 0 Å². The summed E-state index contributed by atoms with van der Waals surface area (Å²) in [6.07, 6.45) is 3.57. The lowest BCUT2D eigenvalue weighted by molar-refractivity contribution is 0.0952. The average molecular weight is 360 g/mol. The first-order chi connectivity index (χ1) is 13.1. The molecule has 0 saturated heterocycles. The highest BCUT2D eigenvalue weighted by Gasteiger charge is 2.14. The number of aromatic nitrogens is 3. The molecule has 1 amide bonds. The summed E-state index contributed by atoms with van der Waals surface area (Å²) >= 11 is 0. The summed E-state index contributed by atoms with van der Waals surface area (Å²) in [6, 6.07) is 15.3. The Morgan fingerprint density at radius 1 is 1.15 bits per heavy atom. The van der Waals surface area contributed by atoms with Crippen LogP contribution in [0, 0.1) is 5.82 Å². The van der Waals surface area contributed by atoms with Crippen LogP contribution in [0.3, 0.4) is 0 Å². The van der Waals surface area contributed by atoms with E-state index in [4.69, 9.17) is 0 Å². The fourth-order valence-corrected chi connectivity index (χ4v) is 2.97. The summed E-state index contributed by atoms with van der Waals surface area (Å²) in [5, 5.41) is 7.80. The lowest BCUT2D eigenvalue weighted by Gasteiger charge is -2.10. The first-order valence-corrected chi connectivity index (χ1v) is 8.51. The number of rotatable bonds is 4. The van der Waals surface area contributed by atoms with Gasteiger partial charge in [-0.3, -0.25) is 9.48 Å². The second kappa shape index (κ2) is 6.99. The average Bonchev–Trinajstić information content (AvgIpc) is 3.11. The van der Waals surface area contributed by atoms with Gasteiger partial charge in [-0.05, 0) is 36.4 Å². The molecular formula is C21H17FN4O. The molecular weight excluding hydrogens is 343 g/mol. The smallest absolute Gasteiger partial charge is 0.252 e. The fraction of sp³-hybridized carbons (Fsp3) is 0.0952. The normalized spacial score (nSPS) is 10.9. The van der Waals surface area contributed by atoms with Crippen LogP contribution in [0.4, 0.5) is 4.39 Å². The number of halogens is 1. The summed E-state index contributed by atoms with van der Waals surface area (Å²) < 4.78 is 14.9. The summed E-state index contributed by atoms with van der Waals surface area (Å²) in [7, 11) is 1.83. The molecule has 4 rings (SSSR count). The van der Waals surface area contributed by atoms with Crippen molar-refractivity contribution in [2.45, 2.75) is 6.54 Å². The number of nitrogens with zero attached hydrogens (tertiary/aromatic N) is 3. The molecule has 5 nitrogen and oxygen atoms in total. The summed E-state index contributed by atoms with van der Waals surface area (Å²) in [5.41, 5.74) is 3.54. The highest BCUT2D eigenvalue weighted by atomic mass is 19.1. The van der Waals surface area contributed by atoms with E-state index in [1.807, 2.05) is 37.5 Å². The molecule has 2 heterocycles. The minimum absolute atomic E-state index is 0.194. The predicted molar refractivity (Wildman–Crippen MR) is 102 cm³/mol. The van der Waals surface area contributed by atoms with Gasteiger partial charge in [0.2, 0.25) is 0 Å². The molecule has 0 fully saturated rings. The maximum absolute atomic E-state index is 13.2. The maximum Gasteiger partial charge on any atom is 0.252 e. The molecule has 1 N–H and O–H groups in total. The van der Waals surface area contributed by atoms with Gasteiger partial charge in [0.05, 0.1) is 23.0 Å². The van der Waals surface area contributed by atoms with Crippen molar-refractivity contribution in [3.05, 3.63) is 83.9 Å². The molecule has 2 aromatic carbocycles. The van der Waals surface area contributed by atoms with Gasteiger partial charge < -0.3 is 5.32 Å². The molecule has 0 unspecified atom stereocenters. The third kappa shape index (κ3) is 3.55. The van der Waals surface area contributed by atoms with Gasteiger partial charge in [0, 0.05) is 36.3 Å². The Balaban J connectivity index is 1.71. The van der Waals surface area contributed by atoms with Crippen LogP contribution in [0.5, 0.6) is 0 Å². The van der Waals surface area contributed by atoms with E-state index in [0.717, 1.165) is 16.5 Å². The Morgan fingerprint density at radius 2 is 1.93 bits per heavy atom. The molecule has 2 aromatic heterocycles. The van der Waals surface area contributed by atoms with E-state index in [9.17, 15) is 9.18 Å². The van der Waals surface area contributed by atoms with Crippen molar-refractivity contribution in [2.24, 2.45) is 7.05 Å². The standard InChI is InChI=1S/C21H17FN4O/c1-26-13-14(12-24-26)11-23-21(27)18-10-20(15-6-8-16(22)9-7-15)25-19-5-3-2-4-17(18)19/h2-10,12-13H,11H2,1H3,(H,23,27). The third-order valence-corrected chi connectivity index (χ3v) is 4.31. The first kappa shape index (κ1) is 16.9. The lowest BCUT2D eigenvalue weighted by atomic mass is 10.0. The van der Waals surface area contributed by atoms with Crippen molar-refractivity contribution in [3.63, 3.8) is 0 Å². The number of carbonyl (C=O) groups excluding carboxylic acids is 1. The maximum atomic E-state index is 13.2. The van der Waals surface area contributed by atoms with E-state index in [1.54, 1.807) is 29.1 Å². The minimum Gasteiger partial charge on any atom is -0.348 e. The number of para-hydroxylation sites is 1. The number of hydrogen-bond acceptors (Lipinski definition) is 3. The molecule has 0 aliphatic heterocycles. The van der Waals surface area contributed by atoms with E-state index in [1.165, 1.54) is 12.1 Å². The Bertz CT molecular complexity index is 1120. The van der Waals surface area contributed by atoms with Crippen molar-refractivity contribution in [3.8, 4) is 11.3 Å². The zero-order valence-electron chi connectivity index (χ0n) is 14.7. The molecule has 6 heteroatoms. The Kier molecular flexibility index (Phi) is 4.38. The fourth-order valence-electron chi connectivity index (χ4n) is 2.97. The lowest BCUT2D eigenvalue weighted by Crippen LogP contribution is -2.23. The van der Waals surface area contributed by atoms with Gasteiger partial charge in [0.1, 0.15) is 5.82 Å². The van der Waals surface area contributed by atoms with Crippen LogP contribution in [-0.2, 0) is 13.6 Å². The topological polar surface area (TPSA) is 59.8 Å². The zero-order valence-corrected chi connectivity index (χ0v) is 14.7. The van der Waals surface area contributed by atoms with Gasteiger partial charge in [-0.15, -0.1) is 0 Å². The Hall–Kier alpha value is -3.54. The Morgan fingerprint density at radius 3 is 2.67 bits per heavy atom. The van der Waals surface area contributed by atoms with Crippen LogP contribution in [0.2, 0.25) is 0 Å². The first-order valence-electron chi connectivity index (χ1n) is 8.51. The summed E-state index contributed by atoms with van der Waals surface area (Å²) in [6.45, 7) is 0.384. The van der Waals surface area contributed by atoms with E-state index < -0.39 is 0 Å². The van der Waals surface area contributed by atoms with Crippen LogP contribution >= 0.6 is 0 Å². The van der Waals surface area contributed by atoms with Crippen molar-refractivity contribution in [1.82, 2.24) is 20.1 Å². The Labute approximate surface area is 155 Å². The molecule has 0 aliphatic carbocycles. The van der Waals surface area contributed by atoms with Crippen molar-refractivity contribution in [2.75, 3.05) is 0 Å². The molecule has 0 aliphatic rings. The highest BCUT2D eigenvalue weighted by molar-refractivity contribution is 6.07. The van der Waals surface area contributed by atoms with Gasteiger partial charge in [-0.2, -0.15) is 5.10 Å². The molecule has 0 saturated carbocycles. The molecule has 27 heavy (non-hydrogen) atoms. The molecule has 0 atom stereocenters. The highest BCUT2D eigenvalue weighted by Crippen LogP contribution is 2.25. The number of hydrogen-bond donors (Lipinski definition) is 1. The number of benzene rings is 2. The minimum atomic E-state index is -0.311. The molecule has 4 aromatic rings. The molecule has 0 radical (unpaired) electrons. The summed E-state index contributed by atoms with van der Waals surface area (Å²) in [4.78, 5) is 17.5. The van der Waals surface area contributed by atoms with Crippen molar-refractivity contribution < 1.29 is 9.18 Å². The number of aryl methyl sites for hydroxylation is 1. The van der Waals surface area contributed by atoms with Gasteiger partial charge in [-0.1, -0.05) is 18.2 Å². The zero-order chi connectivity index (χ0) is 18.8. The van der Waals surface area contributed by atoms with Crippen LogP contribution in [0.25, 0.3) is 22.2 Å². The SMILES string of the molecule is Cn1cc(CNC(=O)c2cc(-c3ccc(F)cc3)nc3ccccc23)cn1. The van der Waals surface area contributed by atoms with E-state index in [-0.39, 0.29) is 11.7 Å². The predicted octanol–water partition coefficient (Wildman–Crippen LogP) is 3.70. The van der Waals surface area contributed by atoms with E-state index in [2.05, 4.69) is 15.4 Å². The van der Waals surface area contributed by atoms with Crippen molar-refractivity contribution in [1.29, 1.82) is 0 Å². The van der Waals surface area contributed by atoms with Crippen LogP contribution in [-0.4, -0.2) is 20.7 Å². The second-order valence-electron chi connectivity index (χ2n) is 6.28. The van der Waals surface area contributed by atoms with E-state index in [0.29, 0.717) is 23.3 Å². The monoisotopic (exact) mass is 360 g/mol. The number of fused-ring (bicyclic) bond motifs is 1. The quantitative estimate of drug-likeness (QED) is 0.604. The van der Waals surface area contributed by atoms with Crippen molar-refractivity contribution >= 4 is 16.8 Å². The number of amides is 1. The second-order valence-corrected chi connectivity index (χ2v) is 6.28. The van der Waals surface area contributed by atoms with Gasteiger partial charge in [0.15, 0.2) is 0 Å². The van der Waals surface area contributed by atoms with Gasteiger partial charge >= 0.3 is 0 Å². The van der Waals surface area contributed by atoms with Crippen LogP contribution in [0.15, 0.2) is 67.0 Å². The molecule has 134 valence electrons. The number of pyridine rings is 1. The number of nitrogens with one attached hydrogen (secondary N) is 1. The van der Waals surface area contributed by atoms with Crippen LogP contribution in [0.1, 0.15) is 15.9 Å². The number of carbonyl (C=O) groups is 1. The van der Waals surface area contributed by atoms with Gasteiger partial charge in [0.25, 0.3) is 5.91 Å². The van der Waals surface area contributed by atoms with Gasteiger partial charge in [-0.25, -0.2) is 9.37 Å². The third-order valence-electron chi connectivity index (χ3n) is 4.31. The molecule has 0 bridgehead atoms. The largest absolute Gasteiger partial charge is 0.348 e. The summed E-state index contributed by atoms with van der Waals surface area (Å²) in [5.74, 6) is -0.505. The van der Waals surface area contributed by atoms with Crippen LogP contribution < -0.4 is 5.32 Å². The molecule has 0 spiro atoms.